The topological polar surface area (TPSA) is 46.6 Å². The summed E-state index contributed by atoms with van der Waals surface area (Å²) in [6.07, 6.45) is 1.52. The molecular formula is C22H25NO3. The van der Waals surface area contributed by atoms with E-state index in [1.807, 2.05) is 60.7 Å². The highest BCUT2D eigenvalue weighted by Gasteiger charge is 2.31. The second kappa shape index (κ2) is 9.30. The third kappa shape index (κ3) is 5.02. The van der Waals surface area contributed by atoms with Crippen LogP contribution in [0.5, 0.6) is 0 Å². The monoisotopic (exact) mass is 351 g/mol. The molecule has 0 saturated carbocycles. The Morgan fingerprint density at radius 1 is 0.885 bits per heavy atom. The molecule has 1 aliphatic rings. The summed E-state index contributed by atoms with van der Waals surface area (Å²) in [4.78, 5) is 27.7. The predicted molar refractivity (Wildman–Crippen MR) is 101 cm³/mol. The van der Waals surface area contributed by atoms with Crippen LogP contribution in [0.3, 0.4) is 0 Å². The first-order valence-electron chi connectivity index (χ1n) is 9.21. The second-order valence-corrected chi connectivity index (χ2v) is 6.63. The number of morpholine rings is 1. The van der Waals surface area contributed by atoms with Crippen molar-refractivity contribution in [3.05, 3.63) is 71.8 Å². The Labute approximate surface area is 154 Å². The zero-order valence-electron chi connectivity index (χ0n) is 15.0. The van der Waals surface area contributed by atoms with E-state index in [2.05, 4.69) is 0 Å². The Balaban J connectivity index is 1.70. The zero-order chi connectivity index (χ0) is 18.2. The lowest BCUT2D eigenvalue weighted by Gasteiger charge is -2.30. The first-order valence-corrected chi connectivity index (χ1v) is 9.21. The number of hydrogen-bond acceptors (Lipinski definition) is 3. The highest BCUT2D eigenvalue weighted by molar-refractivity contribution is 6.01. The van der Waals surface area contributed by atoms with Gasteiger partial charge >= 0.3 is 0 Å². The number of amides is 1. The average molecular weight is 351 g/mol. The van der Waals surface area contributed by atoms with E-state index in [0.29, 0.717) is 45.6 Å². The van der Waals surface area contributed by atoms with Gasteiger partial charge < -0.3 is 9.64 Å². The van der Waals surface area contributed by atoms with Crippen LogP contribution in [0.1, 0.15) is 17.5 Å². The van der Waals surface area contributed by atoms with Crippen molar-refractivity contribution in [2.24, 2.45) is 5.92 Å². The Morgan fingerprint density at radius 2 is 1.46 bits per heavy atom. The summed E-state index contributed by atoms with van der Waals surface area (Å²) in [5.74, 6) is -0.649. The van der Waals surface area contributed by atoms with Gasteiger partial charge in [0.05, 0.1) is 13.2 Å². The van der Waals surface area contributed by atoms with Gasteiger partial charge in [-0.3, -0.25) is 9.59 Å². The average Bonchev–Trinajstić information content (AvgIpc) is 2.72. The van der Waals surface area contributed by atoms with Crippen LogP contribution in [0.2, 0.25) is 0 Å². The highest BCUT2D eigenvalue weighted by atomic mass is 16.5. The SMILES string of the molecule is O=C(CCc1ccccc1)C(Cc1ccccc1)C(=O)N1CCOCC1. The maximum Gasteiger partial charge on any atom is 0.233 e. The van der Waals surface area contributed by atoms with Gasteiger partial charge in [-0.1, -0.05) is 60.7 Å². The number of carbonyl (C=O) groups is 2. The van der Waals surface area contributed by atoms with Crippen LogP contribution in [0.4, 0.5) is 0 Å². The predicted octanol–water partition coefficient (Wildman–Crippen LogP) is 2.91. The molecule has 4 heteroatoms. The third-order valence-corrected chi connectivity index (χ3v) is 4.80. The van der Waals surface area contributed by atoms with Gasteiger partial charge in [0.15, 0.2) is 0 Å². The van der Waals surface area contributed by atoms with Crippen LogP contribution >= 0.6 is 0 Å². The number of aryl methyl sites for hydroxylation is 1. The van der Waals surface area contributed by atoms with E-state index in [1.54, 1.807) is 4.90 Å². The van der Waals surface area contributed by atoms with Crippen LogP contribution in [-0.2, 0) is 27.2 Å². The van der Waals surface area contributed by atoms with Gasteiger partial charge in [0, 0.05) is 19.5 Å². The molecule has 4 nitrogen and oxygen atoms in total. The molecule has 1 atom stereocenters. The lowest BCUT2D eigenvalue weighted by atomic mass is 9.90. The molecule has 0 bridgehead atoms. The van der Waals surface area contributed by atoms with Gasteiger partial charge in [-0.2, -0.15) is 0 Å². The Bertz CT molecular complexity index is 709. The Hall–Kier alpha value is -2.46. The molecule has 1 unspecified atom stereocenters. The minimum absolute atomic E-state index is 0.0224. The molecule has 2 aromatic rings. The molecule has 1 heterocycles. The van der Waals surface area contributed by atoms with Crippen LogP contribution in [0, 0.1) is 5.92 Å². The summed E-state index contributed by atoms with van der Waals surface area (Å²) < 4.78 is 5.33. The third-order valence-electron chi connectivity index (χ3n) is 4.80. The number of rotatable bonds is 7. The fraction of sp³-hybridized carbons (Fsp3) is 0.364. The summed E-state index contributed by atoms with van der Waals surface area (Å²) in [7, 11) is 0. The molecule has 1 aliphatic heterocycles. The Kier molecular flexibility index (Phi) is 6.56. The van der Waals surface area contributed by atoms with Crippen molar-refractivity contribution in [2.45, 2.75) is 19.3 Å². The summed E-state index contributed by atoms with van der Waals surface area (Å²) in [5, 5.41) is 0. The molecule has 0 aliphatic carbocycles. The standard InChI is InChI=1S/C22H25NO3/c24-21(12-11-18-7-3-1-4-8-18)20(17-19-9-5-2-6-10-19)22(25)23-13-15-26-16-14-23/h1-10,20H,11-17H2. The van der Waals surface area contributed by atoms with Crippen molar-refractivity contribution in [2.75, 3.05) is 26.3 Å². The first-order chi connectivity index (χ1) is 12.7. The van der Waals surface area contributed by atoms with Gasteiger partial charge in [-0.25, -0.2) is 0 Å². The maximum atomic E-state index is 13.0. The highest BCUT2D eigenvalue weighted by Crippen LogP contribution is 2.17. The van der Waals surface area contributed by atoms with Crippen molar-refractivity contribution in [1.29, 1.82) is 0 Å². The van der Waals surface area contributed by atoms with E-state index >= 15 is 0 Å². The summed E-state index contributed by atoms with van der Waals surface area (Å²) in [6.45, 7) is 2.22. The van der Waals surface area contributed by atoms with Crippen LogP contribution in [0.15, 0.2) is 60.7 Å². The number of nitrogens with zero attached hydrogens (tertiary/aromatic N) is 1. The van der Waals surface area contributed by atoms with E-state index < -0.39 is 5.92 Å². The van der Waals surface area contributed by atoms with Crippen LogP contribution < -0.4 is 0 Å². The lowest BCUT2D eigenvalue weighted by Crippen LogP contribution is -2.46. The summed E-state index contributed by atoms with van der Waals surface area (Å²) in [5.41, 5.74) is 2.14. The molecule has 0 spiro atoms. The Morgan fingerprint density at radius 3 is 2.08 bits per heavy atom. The molecule has 26 heavy (non-hydrogen) atoms. The van der Waals surface area contributed by atoms with E-state index in [9.17, 15) is 9.59 Å². The molecule has 0 N–H and O–H groups in total. The van der Waals surface area contributed by atoms with E-state index in [4.69, 9.17) is 4.74 Å². The fourth-order valence-electron chi connectivity index (χ4n) is 3.28. The number of ketones is 1. The second-order valence-electron chi connectivity index (χ2n) is 6.63. The minimum Gasteiger partial charge on any atom is -0.378 e. The zero-order valence-corrected chi connectivity index (χ0v) is 15.0. The van der Waals surface area contributed by atoms with Crippen molar-refractivity contribution in [1.82, 2.24) is 4.90 Å². The van der Waals surface area contributed by atoms with Crippen molar-refractivity contribution in [3.63, 3.8) is 0 Å². The molecule has 1 saturated heterocycles. The van der Waals surface area contributed by atoms with E-state index in [-0.39, 0.29) is 11.7 Å². The quantitative estimate of drug-likeness (QED) is 0.721. The molecule has 1 fully saturated rings. The lowest BCUT2D eigenvalue weighted by molar-refractivity contribution is -0.144. The molecule has 136 valence electrons. The molecular weight excluding hydrogens is 326 g/mol. The maximum absolute atomic E-state index is 13.0. The molecule has 0 aromatic heterocycles. The number of carbonyl (C=O) groups excluding carboxylic acids is 2. The summed E-state index contributed by atoms with van der Waals surface area (Å²) in [6, 6.07) is 19.7. The number of ether oxygens (including phenoxy) is 1. The van der Waals surface area contributed by atoms with E-state index in [0.717, 1.165) is 11.1 Å². The van der Waals surface area contributed by atoms with Crippen molar-refractivity contribution >= 4 is 11.7 Å². The van der Waals surface area contributed by atoms with Gasteiger partial charge in [-0.05, 0) is 24.0 Å². The molecule has 3 rings (SSSR count). The van der Waals surface area contributed by atoms with Gasteiger partial charge in [0.1, 0.15) is 11.7 Å². The summed E-state index contributed by atoms with van der Waals surface area (Å²) >= 11 is 0. The first kappa shape index (κ1) is 18.3. The smallest absolute Gasteiger partial charge is 0.233 e. The number of Topliss-reactive ketones (excluding diaryl/α,β-unsaturated/α-hetero) is 1. The largest absolute Gasteiger partial charge is 0.378 e. The van der Waals surface area contributed by atoms with E-state index in [1.165, 1.54) is 0 Å². The fourth-order valence-corrected chi connectivity index (χ4v) is 3.28. The van der Waals surface area contributed by atoms with Crippen molar-refractivity contribution in [3.8, 4) is 0 Å². The van der Waals surface area contributed by atoms with Gasteiger partial charge in [-0.15, -0.1) is 0 Å². The molecule has 0 radical (unpaired) electrons. The minimum atomic E-state index is -0.612. The number of benzene rings is 2. The normalized spacial score (nSPS) is 15.5. The number of hydrogen-bond donors (Lipinski definition) is 0. The van der Waals surface area contributed by atoms with Crippen LogP contribution in [0.25, 0.3) is 0 Å². The van der Waals surface area contributed by atoms with Gasteiger partial charge in [0.25, 0.3) is 0 Å². The van der Waals surface area contributed by atoms with Crippen LogP contribution in [-0.4, -0.2) is 42.9 Å². The van der Waals surface area contributed by atoms with Crippen molar-refractivity contribution < 1.29 is 14.3 Å². The van der Waals surface area contributed by atoms with Gasteiger partial charge in [0.2, 0.25) is 5.91 Å². The molecule has 2 aromatic carbocycles. The molecule has 1 amide bonds.